The van der Waals surface area contributed by atoms with Crippen LogP contribution in [0.25, 0.3) is 22.6 Å². The van der Waals surface area contributed by atoms with Crippen LogP contribution in [0.15, 0.2) is 65.3 Å². The molecule has 0 amide bonds. The number of hydrogen-bond donors (Lipinski definition) is 0. The Labute approximate surface area is 184 Å². The van der Waals surface area contributed by atoms with Crippen molar-refractivity contribution < 1.29 is 4.42 Å². The molecule has 5 heteroatoms. The lowest BCUT2D eigenvalue weighted by Gasteiger charge is -2.19. The van der Waals surface area contributed by atoms with E-state index in [1.54, 1.807) is 0 Å². The van der Waals surface area contributed by atoms with Crippen molar-refractivity contribution in [2.24, 2.45) is 7.05 Å². The van der Waals surface area contributed by atoms with Gasteiger partial charge in [-0.05, 0) is 59.9 Å². The maximum Gasteiger partial charge on any atom is 0.247 e. The van der Waals surface area contributed by atoms with E-state index >= 15 is 0 Å². The predicted octanol–water partition coefficient (Wildman–Crippen LogP) is 6.52. The van der Waals surface area contributed by atoms with Crippen LogP contribution in [-0.4, -0.2) is 20.0 Å². The molecule has 0 fully saturated rings. The molecule has 2 unspecified atom stereocenters. The fourth-order valence-electron chi connectivity index (χ4n) is 4.11. The Morgan fingerprint density at radius 2 is 1.55 bits per heavy atom. The molecule has 0 bridgehead atoms. The van der Waals surface area contributed by atoms with Crippen LogP contribution in [0.4, 0.5) is 0 Å². The fourth-order valence-corrected chi connectivity index (χ4v) is 4.11. The van der Waals surface area contributed by atoms with Crippen molar-refractivity contribution >= 4 is 0 Å². The van der Waals surface area contributed by atoms with Crippen molar-refractivity contribution in [3.05, 3.63) is 77.9 Å². The molecule has 0 N–H and O–H groups in total. The average Bonchev–Trinajstić information content (AvgIpc) is 3.43. The van der Waals surface area contributed by atoms with Gasteiger partial charge in [0.2, 0.25) is 11.8 Å². The minimum absolute atomic E-state index is 0.526. The second-order valence-corrected chi connectivity index (χ2v) is 8.36. The molecule has 2 aromatic heterocycles. The number of aromatic nitrogens is 4. The number of rotatable bonds is 8. The molecular weight excluding hydrogens is 384 g/mol. The van der Waals surface area contributed by atoms with Crippen molar-refractivity contribution in [2.45, 2.75) is 51.9 Å². The van der Waals surface area contributed by atoms with Gasteiger partial charge in [-0.15, -0.1) is 10.2 Å². The van der Waals surface area contributed by atoms with Crippen LogP contribution in [0.1, 0.15) is 62.0 Å². The zero-order valence-corrected chi connectivity index (χ0v) is 18.7. The Hall–Kier alpha value is -3.21. The smallest absolute Gasteiger partial charge is 0.247 e. The SMILES string of the molecule is CCC(CCC(C)c1ccc(-c2cnn(C)c2)cc1)c1ccc(-c2nnc(C)o2)cc1. The van der Waals surface area contributed by atoms with Gasteiger partial charge in [0, 0.05) is 31.3 Å². The lowest BCUT2D eigenvalue weighted by Crippen LogP contribution is -2.01. The number of benzene rings is 2. The maximum absolute atomic E-state index is 5.54. The second kappa shape index (κ2) is 9.29. The summed E-state index contributed by atoms with van der Waals surface area (Å²) in [6, 6.07) is 17.5. The summed E-state index contributed by atoms with van der Waals surface area (Å²) in [6.07, 6.45) is 7.42. The average molecular weight is 415 g/mol. The zero-order valence-electron chi connectivity index (χ0n) is 18.7. The predicted molar refractivity (Wildman–Crippen MR) is 124 cm³/mol. The van der Waals surface area contributed by atoms with Gasteiger partial charge >= 0.3 is 0 Å². The van der Waals surface area contributed by atoms with E-state index in [1.807, 2.05) is 24.9 Å². The van der Waals surface area contributed by atoms with Gasteiger partial charge in [0.1, 0.15) is 0 Å². The number of hydrogen-bond acceptors (Lipinski definition) is 4. The molecule has 4 aromatic rings. The highest BCUT2D eigenvalue weighted by Gasteiger charge is 2.14. The van der Waals surface area contributed by atoms with Crippen LogP contribution in [0.3, 0.4) is 0 Å². The van der Waals surface area contributed by atoms with Crippen molar-refractivity contribution in [2.75, 3.05) is 0 Å². The molecule has 0 saturated heterocycles. The molecule has 0 spiro atoms. The van der Waals surface area contributed by atoms with Crippen LogP contribution in [0.2, 0.25) is 0 Å². The van der Waals surface area contributed by atoms with E-state index in [-0.39, 0.29) is 0 Å². The van der Waals surface area contributed by atoms with Crippen molar-refractivity contribution in [3.63, 3.8) is 0 Å². The first kappa shape index (κ1) is 21.0. The third-order valence-corrected chi connectivity index (χ3v) is 6.11. The highest BCUT2D eigenvalue weighted by Crippen LogP contribution is 2.32. The normalized spacial score (nSPS) is 13.3. The van der Waals surface area contributed by atoms with E-state index in [2.05, 4.69) is 83.9 Å². The van der Waals surface area contributed by atoms with Gasteiger partial charge in [-0.1, -0.05) is 50.2 Å². The van der Waals surface area contributed by atoms with E-state index in [0.29, 0.717) is 23.6 Å². The molecule has 0 saturated carbocycles. The Morgan fingerprint density at radius 1 is 0.871 bits per heavy atom. The minimum atomic E-state index is 0.526. The van der Waals surface area contributed by atoms with Gasteiger partial charge in [-0.25, -0.2) is 0 Å². The van der Waals surface area contributed by atoms with Crippen LogP contribution in [0, 0.1) is 6.92 Å². The molecule has 160 valence electrons. The van der Waals surface area contributed by atoms with Crippen LogP contribution in [-0.2, 0) is 7.05 Å². The Bertz CT molecular complexity index is 1110. The molecule has 0 radical (unpaired) electrons. The second-order valence-electron chi connectivity index (χ2n) is 8.36. The summed E-state index contributed by atoms with van der Waals surface area (Å²) < 4.78 is 7.37. The van der Waals surface area contributed by atoms with Crippen LogP contribution >= 0.6 is 0 Å². The van der Waals surface area contributed by atoms with E-state index in [1.165, 1.54) is 23.1 Å². The lowest BCUT2D eigenvalue weighted by atomic mass is 9.86. The van der Waals surface area contributed by atoms with Gasteiger partial charge in [0.15, 0.2) is 0 Å². The molecule has 2 atom stereocenters. The molecule has 4 rings (SSSR count). The fraction of sp³-hybridized carbons (Fsp3) is 0.346. The standard InChI is InChI=1S/C26H30N4O/c1-5-20(22-12-14-24(15-13-22)26-29-28-19(3)31-26)7-6-18(2)21-8-10-23(11-9-21)25-16-27-30(4)17-25/h8-18,20H,5-7H2,1-4H3. The van der Waals surface area contributed by atoms with Gasteiger partial charge in [0.05, 0.1) is 6.20 Å². The zero-order chi connectivity index (χ0) is 21.8. The molecule has 0 aliphatic carbocycles. The van der Waals surface area contributed by atoms with Crippen molar-refractivity contribution in [3.8, 4) is 22.6 Å². The van der Waals surface area contributed by atoms with E-state index in [9.17, 15) is 0 Å². The number of aryl methyl sites for hydroxylation is 2. The summed E-state index contributed by atoms with van der Waals surface area (Å²) in [4.78, 5) is 0. The Morgan fingerprint density at radius 3 is 2.13 bits per heavy atom. The maximum atomic E-state index is 5.54. The highest BCUT2D eigenvalue weighted by molar-refractivity contribution is 5.62. The van der Waals surface area contributed by atoms with Gasteiger partial charge < -0.3 is 4.42 Å². The topological polar surface area (TPSA) is 56.7 Å². The molecule has 31 heavy (non-hydrogen) atoms. The number of nitrogens with zero attached hydrogens (tertiary/aromatic N) is 4. The monoisotopic (exact) mass is 414 g/mol. The van der Waals surface area contributed by atoms with Gasteiger partial charge in [-0.2, -0.15) is 5.10 Å². The first-order valence-electron chi connectivity index (χ1n) is 11.0. The quantitative estimate of drug-likeness (QED) is 0.329. The summed E-state index contributed by atoms with van der Waals surface area (Å²) in [5.41, 5.74) is 6.12. The molecular formula is C26H30N4O. The largest absolute Gasteiger partial charge is 0.421 e. The van der Waals surface area contributed by atoms with Crippen LogP contribution in [0.5, 0.6) is 0 Å². The summed E-state index contributed by atoms with van der Waals surface area (Å²) >= 11 is 0. The summed E-state index contributed by atoms with van der Waals surface area (Å²) in [5, 5.41) is 12.3. The third kappa shape index (κ3) is 4.93. The van der Waals surface area contributed by atoms with E-state index in [0.717, 1.165) is 24.0 Å². The first-order valence-corrected chi connectivity index (χ1v) is 11.0. The van der Waals surface area contributed by atoms with Gasteiger partial charge in [0.25, 0.3) is 0 Å². The third-order valence-electron chi connectivity index (χ3n) is 6.11. The van der Waals surface area contributed by atoms with E-state index < -0.39 is 0 Å². The molecule has 2 aromatic carbocycles. The summed E-state index contributed by atoms with van der Waals surface area (Å²) in [5.74, 6) is 2.25. The molecule has 5 nitrogen and oxygen atoms in total. The van der Waals surface area contributed by atoms with Gasteiger partial charge in [-0.3, -0.25) is 4.68 Å². The lowest BCUT2D eigenvalue weighted by molar-refractivity contribution is 0.531. The Balaban J connectivity index is 1.37. The Kier molecular flexibility index (Phi) is 6.31. The van der Waals surface area contributed by atoms with E-state index in [4.69, 9.17) is 4.42 Å². The molecule has 2 heterocycles. The summed E-state index contributed by atoms with van der Waals surface area (Å²) in [6.45, 7) is 6.41. The van der Waals surface area contributed by atoms with Crippen LogP contribution < -0.4 is 0 Å². The molecule has 0 aliphatic rings. The highest BCUT2D eigenvalue weighted by atomic mass is 16.4. The summed E-state index contributed by atoms with van der Waals surface area (Å²) in [7, 11) is 1.95. The molecule has 0 aliphatic heterocycles. The first-order chi connectivity index (χ1) is 15.0. The van der Waals surface area contributed by atoms with Crippen molar-refractivity contribution in [1.29, 1.82) is 0 Å². The minimum Gasteiger partial charge on any atom is -0.421 e. The van der Waals surface area contributed by atoms with Crippen molar-refractivity contribution in [1.82, 2.24) is 20.0 Å².